The van der Waals surface area contributed by atoms with Crippen molar-refractivity contribution in [2.45, 2.75) is 79.1 Å². The molecule has 0 saturated heterocycles. The predicted molar refractivity (Wildman–Crippen MR) is 173 cm³/mol. The van der Waals surface area contributed by atoms with Gasteiger partial charge in [0.1, 0.15) is 0 Å². The molecule has 16 nitrogen and oxygen atoms in total. The standard InChI is InChI=1S/4C4H11N.2CH4Cl2O6P2/c4*1-2-3-4-5;2*2-8-11(7,9-3)1-10(4,5)6/h4*2-5H2,1H3;2*1H2,(H2,4,5,6). The Morgan fingerprint density at radius 2 is 0.643 bits per heavy atom. The van der Waals surface area contributed by atoms with Gasteiger partial charge in [-0.15, -0.1) is 0 Å². The summed E-state index contributed by atoms with van der Waals surface area (Å²) in [7, 11) is -17.1. The number of halogens is 4. The summed E-state index contributed by atoms with van der Waals surface area (Å²) in [6.45, 7) is 11.9. The second-order valence-electron chi connectivity index (χ2n) is 7.68. The monoisotopic (exact) mass is 780 g/mol. The average Bonchev–Trinajstić information content (AvgIpc) is 2.90. The number of nitrogens with two attached hydrogens (primary N) is 4. The molecule has 0 rings (SSSR count). The second-order valence-corrected chi connectivity index (χ2v) is 17.3. The van der Waals surface area contributed by atoms with Crippen molar-refractivity contribution in [1.82, 2.24) is 0 Å². The molecule has 0 aromatic carbocycles. The quantitative estimate of drug-likeness (QED) is 0.0798. The first-order valence-corrected chi connectivity index (χ1v) is 20.9. The maximum Gasteiger partial charge on any atom is 0.375 e. The van der Waals surface area contributed by atoms with Crippen molar-refractivity contribution in [2.75, 3.05) is 38.0 Å². The lowest BCUT2D eigenvalue weighted by Gasteiger charge is -2.09. The Balaban J connectivity index is -0.0000000970. The molecule has 42 heavy (non-hydrogen) atoms. The Bertz CT molecular complexity index is 634. The maximum atomic E-state index is 10.8. The van der Waals surface area contributed by atoms with Gasteiger partial charge in [0, 0.05) is 0 Å². The zero-order chi connectivity index (χ0) is 34.7. The van der Waals surface area contributed by atoms with Gasteiger partial charge in [-0.1, -0.05) is 53.4 Å². The molecule has 12 N–H and O–H groups in total. The van der Waals surface area contributed by atoms with Crippen LogP contribution in [0.25, 0.3) is 0 Å². The van der Waals surface area contributed by atoms with Gasteiger partial charge in [-0.2, -0.15) is 16.3 Å². The second kappa shape index (κ2) is 38.8. The van der Waals surface area contributed by atoms with E-state index in [1.807, 2.05) is 0 Å². The first kappa shape index (κ1) is 56.0. The molecule has 0 aromatic heterocycles. The molecule has 24 heteroatoms. The highest BCUT2D eigenvalue weighted by molar-refractivity contribution is 7.71. The van der Waals surface area contributed by atoms with Gasteiger partial charge < -0.3 is 42.5 Å². The summed E-state index contributed by atoms with van der Waals surface area (Å²) >= 11 is 18.4. The molecule has 0 atom stereocenters. The molecule has 0 radical (unpaired) electrons. The topological polar surface area (TPSA) is 290 Å². The van der Waals surface area contributed by atoms with Crippen molar-refractivity contribution in [1.29, 1.82) is 0 Å². The SMILES string of the molecule is CCCCN.CCCCN.CCCCN.CCCCN.O=P(O)(O)CP(=O)(OCl)OCl.O=P(O)(O)CP(=O)(OCl)OCl. The molecule has 0 spiro atoms. The average molecular weight is 782 g/mol. The van der Waals surface area contributed by atoms with Crippen molar-refractivity contribution in [3.05, 3.63) is 0 Å². The zero-order valence-electron chi connectivity index (χ0n) is 24.6. The molecule has 0 amide bonds. The van der Waals surface area contributed by atoms with Crippen LogP contribution in [0.5, 0.6) is 0 Å². The van der Waals surface area contributed by atoms with E-state index < -0.39 is 42.2 Å². The van der Waals surface area contributed by atoms with E-state index >= 15 is 0 Å². The summed E-state index contributed by atoms with van der Waals surface area (Å²) in [4.78, 5) is 33.1. The molecular formula is C18H52Cl4N4O12P4. The summed E-state index contributed by atoms with van der Waals surface area (Å²) in [5.74, 6) is -2.29. The molecule has 0 heterocycles. The summed E-state index contributed by atoms with van der Waals surface area (Å²) in [6, 6.07) is 0. The van der Waals surface area contributed by atoms with E-state index in [2.05, 4.69) is 91.5 Å². The lowest BCUT2D eigenvalue weighted by atomic mass is 10.3. The van der Waals surface area contributed by atoms with Gasteiger partial charge in [0.2, 0.25) is 0 Å². The lowest BCUT2D eigenvalue weighted by molar-refractivity contribution is 0.366. The van der Waals surface area contributed by atoms with Gasteiger partial charge in [-0.25, -0.2) is 0 Å². The van der Waals surface area contributed by atoms with Gasteiger partial charge in [0.15, 0.2) is 11.8 Å². The first-order chi connectivity index (χ1) is 19.3. The molecule has 0 fully saturated rings. The van der Waals surface area contributed by atoms with Gasteiger partial charge >= 0.3 is 30.4 Å². The van der Waals surface area contributed by atoms with Crippen LogP contribution in [0.4, 0.5) is 0 Å². The Labute approximate surface area is 271 Å². The van der Waals surface area contributed by atoms with Crippen LogP contribution in [0.15, 0.2) is 0 Å². The smallest absolute Gasteiger partial charge is 0.330 e. The van der Waals surface area contributed by atoms with Crippen molar-refractivity contribution in [2.24, 2.45) is 22.9 Å². The Kier molecular flexibility index (Phi) is 51.7. The highest BCUT2D eigenvalue weighted by Gasteiger charge is 2.35. The molecule has 0 aliphatic rings. The van der Waals surface area contributed by atoms with Gasteiger partial charge in [0.05, 0.1) is 47.5 Å². The minimum atomic E-state index is -4.50. The third-order valence-electron chi connectivity index (χ3n) is 3.37. The van der Waals surface area contributed by atoms with E-state index in [0.29, 0.717) is 0 Å². The molecule has 0 saturated carbocycles. The number of rotatable bonds is 16. The third-order valence-corrected chi connectivity index (χ3v) is 12.4. The molecule has 0 aromatic rings. The van der Waals surface area contributed by atoms with Crippen molar-refractivity contribution in [3.63, 3.8) is 0 Å². The van der Waals surface area contributed by atoms with Crippen LogP contribution >= 0.6 is 77.8 Å². The van der Waals surface area contributed by atoms with Gasteiger partial charge in [-0.05, 0) is 51.9 Å². The van der Waals surface area contributed by atoms with E-state index in [1.54, 1.807) is 0 Å². The summed E-state index contributed by atoms with van der Waals surface area (Å²) in [5, 5.41) is 0. The lowest BCUT2D eigenvalue weighted by Crippen LogP contribution is -1.95. The molecule has 0 aliphatic carbocycles. The van der Waals surface area contributed by atoms with Crippen LogP contribution in [0.3, 0.4) is 0 Å². The van der Waals surface area contributed by atoms with Gasteiger partial charge in [-0.3, -0.25) is 18.3 Å². The minimum Gasteiger partial charge on any atom is -0.330 e. The van der Waals surface area contributed by atoms with Crippen LogP contribution in [0.1, 0.15) is 79.1 Å². The Morgan fingerprint density at radius 3 is 0.667 bits per heavy atom. The van der Waals surface area contributed by atoms with Crippen molar-refractivity contribution in [3.8, 4) is 0 Å². The van der Waals surface area contributed by atoms with E-state index in [9.17, 15) is 18.3 Å². The molecule has 0 unspecified atom stereocenters. The molecule has 264 valence electrons. The van der Waals surface area contributed by atoms with Crippen LogP contribution in [0.2, 0.25) is 0 Å². The fraction of sp³-hybridized carbons (Fsp3) is 1.00. The van der Waals surface area contributed by atoms with E-state index in [1.165, 1.54) is 51.4 Å². The largest absolute Gasteiger partial charge is 0.375 e. The molecule has 0 bridgehead atoms. The van der Waals surface area contributed by atoms with Gasteiger partial charge in [0.25, 0.3) is 0 Å². The number of unbranched alkanes of at least 4 members (excludes halogenated alkanes) is 4. The Hall–Kier alpha value is 1.60. The Morgan fingerprint density at radius 1 is 0.476 bits per heavy atom. The first-order valence-electron chi connectivity index (χ1n) is 12.6. The van der Waals surface area contributed by atoms with Crippen LogP contribution < -0.4 is 22.9 Å². The summed E-state index contributed by atoms with van der Waals surface area (Å²) < 4.78 is 56.5. The highest BCUT2D eigenvalue weighted by atomic mass is 35.5. The third kappa shape index (κ3) is 60.7. The van der Waals surface area contributed by atoms with Crippen LogP contribution in [-0.2, 0) is 34.6 Å². The number of hydrogen-bond donors (Lipinski definition) is 8. The van der Waals surface area contributed by atoms with E-state index in [4.69, 9.17) is 42.5 Å². The zero-order valence-corrected chi connectivity index (χ0v) is 31.2. The minimum absolute atomic E-state index is 0.844. The van der Waals surface area contributed by atoms with Crippen LogP contribution in [0, 0.1) is 0 Å². The van der Waals surface area contributed by atoms with Crippen LogP contribution in [-0.4, -0.2) is 57.6 Å². The molecule has 0 aliphatic heterocycles. The van der Waals surface area contributed by atoms with E-state index in [-0.39, 0.29) is 0 Å². The number of hydrogen-bond acceptors (Lipinski definition) is 12. The van der Waals surface area contributed by atoms with E-state index in [0.717, 1.165) is 26.2 Å². The highest BCUT2D eigenvalue weighted by Crippen LogP contribution is 2.61. The summed E-state index contributed by atoms with van der Waals surface area (Å²) in [5.41, 5.74) is 20.6. The molecular weight excluding hydrogens is 730 g/mol. The van der Waals surface area contributed by atoms with Crippen molar-refractivity contribution >= 4 is 77.8 Å². The summed E-state index contributed by atoms with van der Waals surface area (Å²) in [6.07, 6.45) is 9.54. The van der Waals surface area contributed by atoms with Crippen molar-refractivity contribution < 1.29 is 54.1 Å². The fourth-order valence-electron chi connectivity index (χ4n) is 1.38. The fourth-order valence-corrected chi connectivity index (χ4v) is 7.81. The predicted octanol–water partition coefficient (Wildman–Crippen LogP) is 6.29. The maximum absolute atomic E-state index is 10.8. The normalized spacial score (nSPS) is 11.0.